The third kappa shape index (κ3) is 3.92. The Labute approximate surface area is 176 Å². The molecule has 7 heteroatoms. The van der Waals surface area contributed by atoms with Crippen molar-refractivity contribution >= 4 is 11.9 Å². The van der Waals surface area contributed by atoms with Crippen LogP contribution >= 0.6 is 0 Å². The van der Waals surface area contributed by atoms with Gasteiger partial charge in [-0.25, -0.2) is 9.97 Å². The van der Waals surface area contributed by atoms with Crippen molar-refractivity contribution in [1.29, 1.82) is 0 Å². The van der Waals surface area contributed by atoms with Crippen molar-refractivity contribution < 1.29 is 9.32 Å². The number of benzene rings is 1. The smallest absolute Gasteiger partial charge is 0.225 e. The number of carbonyl (C=O) groups is 1. The summed E-state index contributed by atoms with van der Waals surface area (Å²) in [5.41, 5.74) is 5.43. The standard InChI is InChI=1S/C23H27N5O2/c1-13-10-18(13)22(29)24-11-16-6-8-17(9-7-16)20-19(12-25-23(26-20)28(4)5)21-14(2)15(3)27-30-21/h6-9,12-13,18H,10-11H2,1-5H3,(H,24,29). The molecule has 2 atom stereocenters. The fourth-order valence-electron chi connectivity index (χ4n) is 3.43. The quantitative estimate of drug-likeness (QED) is 0.672. The Kier molecular flexibility index (Phi) is 5.28. The zero-order valence-electron chi connectivity index (χ0n) is 18.1. The predicted molar refractivity (Wildman–Crippen MR) is 116 cm³/mol. The van der Waals surface area contributed by atoms with Gasteiger partial charge in [0.2, 0.25) is 11.9 Å². The molecule has 3 aromatic rings. The first kappa shape index (κ1) is 20.1. The van der Waals surface area contributed by atoms with Gasteiger partial charge in [0, 0.05) is 43.9 Å². The van der Waals surface area contributed by atoms with Gasteiger partial charge in [-0.3, -0.25) is 4.79 Å². The molecule has 1 saturated carbocycles. The van der Waals surface area contributed by atoms with Crippen LogP contribution in [-0.4, -0.2) is 35.1 Å². The maximum Gasteiger partial charge on any atom is 0.225 e. The number of aryl methyl sites for hydroxylation is 1. The summed E-state index contributed by atoms with van der Waals surface area (Å²) in [4.78, 5) is 23.2. The highest BCUT2D eigenvalue weighted by Gasteiger charge is 2.38. The summed E-state index contributed by atoms with van der Waals surface area (Å²) in [6, 6.07) is 8.08. The van der Waals surface area contributed by atoms with Crippen molar-refractivity contribution in [2.24, 2.45) is 11.8 Å². The number of amides is 1. The molecule has 4 rings (SSSR count). The lowest BCUT2D eigenvalue weighted by Gasteiger charge is -2.14. The molecule has 2 heterocycles. The third-order valence-electron chi connectivity index (χ3n) is 5.72. The molecule has 1 fully saturated rings. The molecule has 1 N–H and O–H groups in total. The lowest BCUT2D eigenvalue weighted by Crippen LogP contribution is -2.24. The first-order chi connectivity index (χ1) is 14.3. The summed E-state index contributed by atoms with van der Waals surface area (Å²) in [6.45, 7) is 6.54. The van der Waals surface area contributed by atoms with Gasteiger partial charge in [0.15, 0.2) is 5.76 Å². The van der Waals surface area contributed by atoms with Gasteiger partial charge in [0.1, 0.15) is 0 Å². The van der Waals surface area contributed by atoms with E-state index in [1.807, 2.05) is 57.1 Å². The minimum absolute atomic E-state index is 0.149. The normalized spacial score (nSPS) is 17.6. The molecule has 30 heavy (non-hydrogen) atoms. The monoisotopic (exact) mass is 405 g/mol. The van der Waals surface area contributed by atoms with Crippen molar-refractivity contribution in [2.75, 3.05) is 19.0 Å². The molecule has 156 valence electrons. The minimum atomic E-state index is 0.149. The van der Waals surface area contributed by atoms with Crippen LogP contribution in [0.5, 0.6) is 0 Å². The van der Waals surface area contributed by atoms with Gasteiger partial charge in [-0.05, 0) is 31.7 Å². The van der Waals surface area contributed by atoms with Crippen LogP contribution in [0.4, 0.5) is 5.95 Å². The van der Waals surface area contributed by atoms with Crippen molar-refractivity contribution in [1.82, 2.24) is 20.4 Å². The van der Waals surface area contributed by atoms with Crippen LogP contribution in [0.25, 0.3) is 22.6 Å². The second-order valence-corrected chi connectivity index (χ2v) is 8.28. The molecule has 7 nitrogen and oxygen atoms in total. The Bertz CT molecular complexity index is 1070. The second kappa shape index (κ2) is 7.89. The number of rotatable bonds is 6. The average molecular weight is 406 g/mol. The lowest BCUT2D eigenvalue weighted by atomic mass is 10.0. The van der Waals surface area contributed by atoms with E-state index in [0.717, 1.165) is 40.1 Å². The average Bonchev–Trinajstić information content (AvgIpc) is 3.39. The highest BCUT2D eigenvalue weighted by molar-refractivity contribution is 5.82. The van der Waals surface area contributed by atoms with Crippen molar-refractivity contribution in [3.63, 3.8) is 0 Å². The Morgan fingerprint density at radius 3 is 2.50 bits per heavy atom. The van der Waals surface area contributed by atoms with E-state index in [1.54, 1.807) is 6.20 Å². The Balaban J connectivity index is 1.62. The Morgan fingerprint density at radius 1 is 1.23 bits per heavy atom. The lowest BCUT2D eigenvalue weighted by molar-refractivity contribution is -0.122. The molecule has 0 radical (unpaired) electrons. The molecule has 2 aromatic heterocycles. The molecular weight excluding hydrogens is 378 g/mol. The predicted octanol–water partition coefficient (Wildman–Crippen LogP) is 3.75. The first-order valence-electron chi connectivity index (χ1n) is 10.2. The van der Waals surface area contributed by atoms with Crippen LogP contribution in [0.2, 0.25) is 0 Å². The summed E-state index contributed by atoms with van der Waals surface area (Å²) in [7, 11) is 3.82. The SMILES string of the molecule is Cc1noc(-c2cnc(N(C)C)nc2-c2ccc(CNC(=O)C3CC3C)cc2)c1C. The molecule has 0 bridgehead atoms. The van der Waals surface area contributed by atoms with Crippen molar-refractivity contribution in [2.45, 2.75) is 33.7 Å². The van der Waals surface area contributed by atoms with Gasteiger partial charge in [-0.2, -0.15) is 0 Å². The molecule has 0 saturated heterocycles. The third-order valence-corrected chi connectivity index (χ3v) is 5.72. The van der Waals surface area contributed by atoms with Crippen LogP contribution in [-0.2, 0) is 11.3 Å². The summed E-state index contributed by atoms with van der Waals surface area (Å²) in [6.07, 6.45) is 2.78. The van der Waals surface area contributed by atoms with E-state index >= 15 is 0 Å². The fourth-order valence-corrected chi connectivity index (χ4v) is 3.43. The summed E-state index contributed by atoms with van der Waals surface area (Å²) in [5, 5.41) is 7.11. The number of hydrogen-bond donors (Lipinski definition) is 1. The Hall–Kier alpha value is -3.22. The molecule has 1 aliphatic rings. The van der Waals surface area contributed by atoms with Gasteiger partial charge >= 0.3 is 0 Å². The van der Waals surface area contributed by atoms with Gasteiger partial charge in [0.05, 0.1) is 17.0 Å². The van der Waals surface area contributed by atoms with Gasteiger partial charge in [0.25, 0.3) is 0 Å². The molecular formula is C23H27N5O2. The minimum Gasteiger partial charge on any atom is -0.356 e. The maximum absolute atomic E-state index is 12.1. The topological polar surface area (TPSA) is 84.2 Å². The second-order valence-electron chi connectivity index (χ2n) is 8.28. The highest BCUT2D eigenvalue weighted by Crippen LogP contribution is 2.38. The zero-order chi connectivity index (χ0) is 21.4. The molecule has 2 unspecified atom stereocenters. The highest BCUT2D eigenvalue weighted by atomic mass is 16.5. The summed E-state index contributed by atoms with van der Waals surface area (Å²) < 4.78 is 5.58. The van der Waals surface area contributed by atoms with Gasteiger partial charge in [-0.15, -0.1) is 0 Å². The number of aromatic nitrogens is 3. The summed E-state index contributed by atoms with van der Waals surface area (Å²) in [5.74, 6) is 2.15. The van der Waals surface area contributed by atoms with Crippen molar-refractivity contribution in [3.05, 3.63) is 47.3 Å². The fraction of sp³-hybridized carbons (Fsp3) is 0.391. The van der Waals surface area contributed by atoms with Crippen LogP contribution < -0.4 is 10.2 Å². The maximum atomic E-state index is 12.1. The van der Waals surface area contributed by atoms with E-state index in [4.69, 9.17) is 9.51 Å². The van der Waals surface area contributed by atoms with E-state index in [9.17, 15) is 4.79 Å². The molecule has 1 amide bonds. The summed E-state index contributed by atoms with van der Waals surface area (Å²) >= 11 is 0. The van der Waals surface area contributed by atoms with Crippen LogP contribution in [0, 0.1) is 25.7 Å². The molecule has 0 aliphatic heterocycles. The molecule has 1 aliphatic carbocycles. The number of nitrogens with one attached hydrogen (secondary N) is 1. The molecule has 0 spiro atoms. The largest absolute Gasteiger partial charge is 0.356 e. The zero-order valence-corrected chi connectivity index (χ0v) is 18.1. The molecule has 1 aromatic carbocycles. The first-order valence-corrected chi connectivity index (χ1v) is 10.2. The number of nitrogens with zero attached hydrogens (tertiary/aromatic N) is 4. The number of hydrogen-bond acceptors (Lipinski definition) is 6. The van der Waals surface area contributed by atoms with Crippen LogP contribution in [0.1, 0.15) is 30.2 Å². The van der Waals surface area contributed by atoms with Gasteiger partial charge in [-0.1, -0.05) is 36.3 Å². The van der Waals surface area contributed by atoms with E-state index in [1.165, 1.54) is 0 Å². The number of carbonyl (C=O) groups excluding carboxylic acids is 1. The van der Waals surface area contributed by atoms with E-state index < -0.39 is 0 Å². The Morgan fingerprint density at radius 2 is 1.93 bits per heavy atom. The van der Waals surface area contributed by atoms with E-state index in [2.05, 4.69) is 22.4 Å². The van der Waals surface area contributed by atoms with Crippen LogP contribution in [0.3, 0.4) is 0 Å². The van der Waals surface area contributed by atoms with E-state index in [0.29, 0.717) is 24.2 Å². The van der Waals surface area contributed by atoms with Crippen molar-refractivity contribution in [3.8, 4) is 22.6 Å². The number of anilines is 1. The van der Waals surface area contributed by atoms with Gasteiger partial charge < -0.3 is 14.7 Å². The van der Waals surface area contributed by atoms with Crippen LogP contribution in [0.15, 0.2) is 35.0 Å². The van der Waals surface area contributed by atoms with E-state index in [-0.39, 0.29) is 11.8 Å².